The molecule has 0 amide bonds. The topological polar surface area (TPSA) is 26.0 Å². The van der Waals surface area contributed by atoms with Crippen LogP contribution in [0.4, 0.5) is 0 Å². The molecule has 0 saturated carbocycles. The predicted octanol–water partition coefficient (Wildman–Crippen LogP) is 8.30. The highest BCUT2D eigenvalue weighted by Gasteiger charge is 2.22. The van der Waals surface area contributed by atoms with Crippen LogP contribution in [0.1, 0.15) is 32.3 Å². The third-order valence-electron chi connectivity index (χ3n) is 7.00. The van der Waals surface area contributed by atoms with Crippen molar-refractivity contribution in [1.82, 2.24) is 0 Å². The first-order valence-corrected chi connectivity index (χ1v) is 11.5. The summed E-state index contributed by atoms with van der Waals surface area (Å²) in [6, 6.07) is 37.4. The Labute approximate surface area is 190 Å². The van der Waals surface area contributed by atoms with E-state index >= 15 is 0 Å². The van der Waals surface area contributed by atoms with Crippen LogP contribution in [-0.4, -0.2) is 0 Å². The van der Waals surface area contributed by atoms with Crippen LogP contribution in [0.15, 0.2) is 103 Å². The Morgan fingerprint density at radius 1 is 0.562 bits per heavy atom. The van der Waals surface area contributed by atoms with E-state index in [1.165, 1.54) is 49.4 Å². The van der Waals surface area contributed by atoms with E-state index in [0.29, 0.717) is 0 Å². The molecule has 158 valence electrons. The summed E-state index contributed by atoms with van der Waals surface area (Å²) in [5.41, 5.74) is 12.6. The highest BCUT2D eigenvalue weighted by molar-refractivity contribution is 6.12. The summed E-state index contributed by atoms with van der Waals surface area (Å²) >= 11 is 0. The van der Waals surface area contributed by atoms with Gasteiger partial charge in [-0.1, -0.05) is 111 Å². The molecule has 0 aromatic heterocycles. The van der Waals surface area contributed by atoms with E-state index in [2.05, 4.69) is 117 Å². The molecule has 2 N–H and O–H groups in total. The summed E-state index contributed by atoms with van der Waals surface area (Å²) in [6.07, 6.45) is 1.88. The highest BCUT2D eigenvalue weighted by Crippen LogP contribution is 2.37. The molecule has 0 spiro atoms. The van der Waals surface area contributed by atoms with E-state index in [1.807, 2.05) is 0 Å². The van der Waals surface area contributed by atoms with Crippen LogP contribution < -0.4 is 5.73 Å². The third-order valence-corrected chi connectivity index (χ3v) is 7.00. The largest absolute Gasteiger partial charge is 0.321 e. The van der Waals surface area contributed by atoms with E-state index in [-0.39, 0.29) is 5.54 Å². The number of fused-ring (bicyclic) bond motifs is 2. The Morgan fingerprint density at radius 3 is 1.50 bits per heavy atom. The van der Waals surface area contributed by atoms with Gasteiger partial charge in [0.2, 0.25) is 0 Å². The average molecular weight is 416 g/mol. The summed E-state index contributed by atoms with van der Waals surface area (Å²) in [6.45, 7) is 4.32. The van der Waals surface area contributed by atoms with Crippen molar-refractivity contribution in [1.29, 1.82) is 0 Å². The first-order valence-electron chi connectivity index (χ1n) is 11.5. The smallest absolute Gasteiger partial charge is 0.0404 e. The van der Waals surface area contributed by atoms with Crippen LogP contribution in [0, 0.1) is 0 Å². The van der Waals surface area contributed by atoms with Gasteiger partial charge in [0.15, 0.2) is 0 Å². The fourth-order valence-corrected chi connectivity index (χ4v) is 4.81. The number of hydrogen-bond acceptors (Lipinski definition) is 1. The van der Waals surface area contributed by atoms with Gasteiger partial charge in [-0.3, -0.25) is 0 Å². The lowest BCUT2D eigenvalue weighted by Crippen LogP contribution is -2.34. The van der Waals surface area contributed by atoms with Crippen LogP contribution in [0.2, 0.25) is 0 Å². The zero-order valence-corrected chi connectivity index (χ0v) is 18.8. The minimum Gasteiger partial charge on any atom is -0.321 e. The zero-order valence-electron chi connectivity index (χ0n) is 18.8. The standard InChI is InChI=1S/C31H29N/c1-3-31(32,4-2)27-19-17-23(18-20-27)22-13-15-24(16-14-22)30-28-11-7-5-9-25(28)21-26-10-6-8-12-29(26)30/h5-21H,3-4,32H2,1-2H3. The maximum absolute atomic E-state index is 6.58. The number of rotatable bonds is 5. The van der Waals surface area contributed by atoms with Crippen molar-refractivity contribution in [3.05, 3.63) is 109 Å². The van der Waals surface area contributed by atoms with Gasteiger partial charge in [0.25, 0.3) is 0 Å². The highest BCUT2D eigenvalue weighted by atomic mass is 14.7. The molecule has 0 aliphatic heterocycles. The van der Waals surface area contributed by atoms with Crippen molar-refractivity contribution in [3.8, 4) is 22.3 Å². The van der Waals surface area contributed by atoms with Crippen LogP contribution in [0.3, 0.4) is 0 Å². The zero-order chi connectivity index (χ0) is 22.1. The monoisotopic (exact) mass is 415 g/mol. The molecule has 0 atom stereocenters. The van der Waals surface area contributed by atoms with Crippen LogP contribution >= 0.6 is 0 Å². The van der Waals surface area contributed by atoms with E-state index in [0.717, 1.165) is 12.8 Å². The number of hydrogen-bond donors (Lipinski definition) is 1. The molecule has 0 bridgehead atoms. The van der Waals surface area contributed by atoms with Crippen LogP contribution in [0.5, 0.6) is 0 Å². The molecular weight excluding hydrogens is 386 g/mol. The summed E-state index contributed by atoms with van der Waals surface area (Å²) in [5.74, 6) is 0. The molecule has 0 unspecified atom stereocenters. The van der Waals surface area contributed by atoms with Crippen molar-refractivity contribution in [2.24, 2.45) is 5.73 Å². The molecule has 1 heteroatoms. The van der Waals surface area contributed by atoms with Crippen LogP contribution in [0.25, 0.3) is 43.8 Å². The summed E-state index contributed by atoms with van der Waals surface area (Å²) < 4.78 is 0. The SMILES string of the molecule is CCC(N)(CC)c1ccc(-c2ccc(-c3c4ccccc4cc4ccccc34)cc2)cc1. The van der Waals surface area contributed by atoms with Crippen molar-refractivity contribution in [3.63, 3.8) is 0 Å². The van der Waals surface area contributed by atoms with Crippen molar-refractivity contribution in [2.75, 3.05) is 0 Å². The van der Waals surface area contributed by atoms with E-state index in [9.17, 15) is 0 Å². The van der Waals surface area contributed by atoms with E-state index in [1.54, 1.807) is 0 Å². The van der Waals surface area contributed by atoms with Gasteiger partial charge >= 0.3 is 0 Å². The second-order valence-corrected chi connectivity index (χ2v) is 8.71. The first kappa shape index (κ1) is 20.5. The van der Waals surface area contributed by atoms with Gasteiger partial charge in [-0.15, -0.1) is 0 Å². The van der Waals surface area contributed by atoms with Gasteiger partial charge in [-0.05, 0) is 68.3 Å². The predicted molar refractivity (Wildman–Crippen MR) is 139 cm³/mol. The average Bonchev–Trinajstić information content (AvgIpc) is 2.87. The van der Waals surface area contributed by atoms with Crippen molar-refractivity contribution in [2.45, 2.75) is 32.2 Å². The molecule has 1 nitrogen and oxygen atoms in total. The summed E-state index contributed by atoms with van der Waals surface area (Å²) in [4.78, 5) is 0. The Hall–Kier alpha value is -3.42. The Kier molecular flexibility index (Phi) is 5.28. The van der Waals surface area contributed by atoms with E-state index in [4.69, 9.17) is 5.73 Å². The Morgan fingerprint density at radius 2 is 1.00 bits per heavy atom. The van der Waals surface area contributed by atoms with Crippen molar-refractivity contribution < 1.29 is 0 Å². The van der Waals surface area contributed by atoms with E-state index < -0.39 is 0 Å². The molecule has 0 aliphatic rings. The minimum absolute atomic E-state index is 0.238. The molecule has 0 saturated heterocycles. The maximum Gasteiger partial charge on any atom is 0.0404 e. The van der Waals surface area contributed by atoms with Crippen LogP contribution in [-0.2, 0) is 5.54 Å². The van der Waals surface area contributed by atoms with Gasteiger partial charge in [0, 0.05) is 5.54 Å². The maximum atomic E-state index is 6.58. The normalized spacial score (nSPS) is 11.8. The molecule has 5 aromatic carbocycles. The minimum atomic E-state index is -0.238. The fraction of sp³-hybridized carbons (Fsp3) is 0.161. The van der Waals surface area contributed by atoms with Gasteiger partial charge in [-0.25, -0.2) is 0 Å². The fourth-order valence-electron chi connectivity index (χ4n) is 4.81. The first-order chi connectivity index (χ1) is 15.6. The number of nitrogens with two attached hydrogens (primary N) is 1. The number of benzene rings is 5. The Balaban J connectivity index is 1.57. The molecule has 32 heavy (non-hydrogen) atoms. The van der Waals surface area contributed by atoms with Gasteiger partial charge in [-0.2, -0.15) is 0 Å². The molecule has 5 aromatic rings. The molecule has 0 fully saturated rings. The van der Waals surface area contributed by atoms with Crippen molar-refractivity contribution >= 4 is 21.5 Å². The Bertz CT molecular complexity index is 1320. The molecule has 0 heterocycles. The third kappa shape index (κ3) is 3.49. The molecule has 5 rings (SSSR count). The molecular formula is C31H29N. The lowest BCUT2D eigenvalue weighted by Gasteiger charge is -2.27. The van der Waals surface area contributed by atoms with Gasteiger partial charge in [0.1, 0.15) is 0 Å². The quantitative estimate of drug-likeness (QED) is 0.287. The lowest BCUT2D eigenvalue weighted by atomic mass is 9.85. The van der Waals surface area contributed by atoms with Gasteiger partial charge < -0.3 is 5.73 Å². The second kappa shape index (κ2) is 8.26. The summed E-state index contributed by atoms with van der Waals surface area (Å²) in [5, 5.41) is 5.14. The molecule has 0 aliphatic carbocycles. The molecule has 0 radical (unpaired) electrons. The summed E-state index contributed by atoms with van der Waals surface area (Å²) in [7, 11) is 0. The second-order valence-electron chi connectivity index (χ2n) is 8.71. The lowest BCUT2D eigenvalue weighted by molar-refractivity contribution is 0.413. The van der Waals surface area contributed by atoms with Gasteiger partial charge in [0.05, 0.1) is 0 Å².